The van der Waals surface area contributed by atoms with Crippen LogP contribution < -0.4 is 0 Å². The van der Waals surface area contributed by atoms with Crippen molar-refractivity contribution in [2.24, 2.45) is 11.8 Å². The molecule has 2 fully saturated rings. The van der Waals surface area contributed by atoms with Crippen LogP contribution in [-0.4, -0.2) is 54.4 Å². The molecule has 20 heavy (non-hydrogen) atoms. The van der Waals surface area contributed by atoms with Gasteiger partial charge in [0.05, 0.1) is 12.1 Å². The number of rotatable bonds is 3. The van der Waals surface area contributed by atoms with E-state index in [4.69, 9.17) is 0 Å². The highest BCUT2D eigenvalue weighted by Gasteiger charge is 2.38. The van der Waals surface area contributed by atoms with Crippen LogP contribution in [0, 0.1) is 11.8 Å². The average molecular weight is 304 g/mol. The lowest BCUT2D eigenvalue weighted by Gasteiger charge is -2.40. The summed E-state index contributed by atoms with van der Waals surface area (Å²) in [6.07, 6.45) is 4.01. The minimum atomic E-state index is -3.45. The van der Waals surface area contributed by atoms with Crippen LogP contribution in [-0.2, 0) is 10.2 Å². The van der Waals surface area contributed by atoms with Gasteiger partial charge in [-0.1, -0.05) is 26.7 Å². The molecule has 1 aliphatic carbocycles. The Morgan fingerprint density at radius 2 is 1.65 bits per heavy atom. The Morgan fingerprint density at radius 1 is 1.10 bits per heavy atom. The Labute approximate surface area is 123 Å². The highest BCUT2D eigenvalue weighted by Crippen LogP contribution is 2.28. The first-order chi connectivity index (χ1) is 9.32. The maximum atomic E-state index is 12.8. The minimum absolute atomic E-state index is 0.263. The summed E-state index contributed by atoms with van der Waals surface area (Å²) < 4.78 is 28.5. The van der Waals surface area contributed by atoms with Crippen LogP contribution in [0.1, 0.15) is 46.0 Å². The maximum Gasteiger partial charge on any atom is 0.282 e. The molecule has 0 spiro atoms. The van der Waals surface area contributed by atoms with Gasteiger partial charge in [0.2, 0.25) is 0 Å². The Morgan fingerprint density at radius 3 is 2.20 bits per heavy atom. The predicted molar refractivity (Wildman–Crippen MR) is 79.5 cm³/mol. The highest BCUT2D eigenvalue weighted by molar-refractivity contribution is 7.86. The van der Waals surface area contributed by atoms with Gasteiger partial charge in [-0.05, 0) is 31.1 Å². The van der Waals surface area contributed by atoms with E-state index < -0.39 is 16.3 Å². The van der Waals surface area contributed by atoms with E-state index in [1.165, 1.54) is 4.31 Å². The SMILES string of the molecule is CC1CC(C)CN(S(=O)(=O)N(C)C2CCCCC2O)C1. The first-order valence-electron chi connectivity index (χ1n) is 7.73. The Kier molecular flexibility index (Phi) is 5.10. The number of hydrogen-bond donors (Lipinski definition) is 1. The van der Waals surface area contributed by atoms with Gasteiger partial charge < -0.3 is 5.11 Å². The number of hydrogen-bond acceptors (Lipinski definition) is 3. The van der Waals surface area contributed by atoms with E-state index in [-0.39, 0.29) is 6.04 Å². The van der Waals surface area contributed by atoms with E-state index in [1.807, 2.05) is 0 Å². The van der Waals surface area contributed by atoms with Crippen molar-refractivity contribution in [2.45, 2.75) is 58.1 Å². The molecular formula is C14H28N2O3S. The van der Waals surface area contributed by atoms with Crippen molar-refractivity contribution in [1.82, 2.24) is 8.61 Å². The molecule has 0 bridgehead atoms. The van der Waals surface area contributed by atoms with Gasteiger partial charge in [-0.3, -0.25) is 0 Å². The monoisotopic (exact) mass is 304 g/mol. The maximum absolute atomic E-state index is 12.8. The number of piperidine rings is 1. The molecule has 0 aromatic rings. The van der Waals surface area contributed by atoms with Crippen molar-refractivity contribution in [3.8, 4) is 0 Å². The lowest BCUT2D eigenvalue weighted by atomic mass is 9.93. The van der Waals surface area contributed by atoms with E-state index >= 15 is 0 Å². The van der Waals surface area contributed by atoms with Gasteiger partial charge in [0.25, 0.3) is 10.2 Å². The van der Waals surface area contributed by atoms with Crippen LogP contribution in [0.5, 0.6) is 0 Å². The molecule has 5 nitrogen and oxygen atoms in total. The van der Waals surface area contributed by atoms with E-state index in [9.17, 15) is 13.5 Å². The van der Waals surface area contributed by atoms with E-state index in [0.717, 1.165) is 25.7 Å². The van der Waals surface area contributed by atoms with Crippen LogP contribution in [0.15, 0.2) is 0 Å². The van der Waals surface area contributed by atoms with Gasteiger partial charge in [0.15, 0.2) is 0 Å². The van der Waals surface area contributed by atoms with E-state index in [0.29, 0.717) is 31.3 Å². The van der Waals surface area contributed by atoms with Crippen LogP contribution in [0.2, 0.25) is 0 Å². The first kappa shape index (κ1) is 16.2. The quantitative estimate of drug-likeness (QED) is 0.858. The van der Waals surface area contributed by atoms with E-state index in [2.05, 4.69) is 13.8 Å². The van der Waals surface area contributed by atoms with Crippen molar-refractivity contribution in [3.63, 3.8) is 0 Å². The molecule has 6 heteroatoms. The third-order valence-corrected chi connectivity index (χ3v) is 6.64. The van der Waals surface area contributed by atoms with Crippen molar-refractivity contribution in [3.05, 3.63) is 0 Å². The molecule has 0 aromatic carbocycles. The first-order valence-corrected chi connectivity index (χ1v) is 9.13. The molecule has 2 aliphatic rings. The van der Waals surface area contributed by atoms with Gasteiger partial charge in [0.1, 0.15) is 0 Å². The van der Waals surface area contributed by atoms with Crippen LogP contribution in [0.3, 0.4) is 0 Å². The third-order valence-electron chi connectivity index (χ3n) is 4.69. The third kappa shape index (κ3) is 3.35. The average Bonchev–Trinajstić information content (AvgIpc) is 2.37. The fourth-order valence-electron chi connectivity index (χ4n) is 3.66. The molecule has 1 N–H and O–H groups in total. The molecule has 0 amide bonds. The Balaban J connectivity index is 2.12. The number of aliphatic hydroxyl groups is 1. The Hall–Kier alpha value is -0.170. The normalized spacial score (nSPS) is 37.2. The minimum Gasteiger partial charge on any atom is -0.391 e. The summed E-state index contributed by atoms with van der Waals surface area (Å²) in [6.45, 7) is 5.40. The zero-order valence-corrected chi connectivity index (χ0v) is 13.6. The highest BCUT2D eigenvalue weighted by atomic mass is 32.2. The molecule has 4 unspecified atom stereocenters. The molecule has 4 atom stereocenters. The molecule has 118 valence electrons. The molecule has 1 saturated carbocycles. The predicted octanol–water partition coefficient (Wildman–Crippen LogP) is 1.44. The summed E-state index contributed by atoms with van der Waals surface area (Å²) in [6, 6.07) is -0.263. The van der Waals surface area contributed by atoms with Gasteiger partial charge in [-0.15, -0.1) is 0 Å². The van der Waals surface area contributed by atoms with Crippen LogP contribution in [0.4, 0.5) is 0 Å². The molecule has 2 rings (SSSR count). The van der Waals surface area contributed by atoms with Gasteiger partial charge in [-0.2, -0.15) is 17.0 Å². The summed E-state index contributed by atoms with van der Waals surface area (Å²) in [5.41, 5.74) is 0. The molecule has 0 aromatic heterocycles. The standard InChI is InChI=1S/C14H28N2O3S/c1-11-8-12(2)10-16(9-11)20(18,19)15(3)13-6-4-5-7-14(13)17/h11-14,17H,4-10H2,1-3H3. The van der Waals surface area contributed by atoms with Crippen molar-refractivity contribution >= 4 is 10.2 Å². The summed E-state index contributed by atoms with van der Waals surface area (Å²) in [7, 11) is -1.83. The lowest BCUT2D eigenvalue weighted by Crippen LogP contribution is -2.54. The molecule has 1 heterocycles. The Bertz CT molecular complexity index is 416. The lowest BCUT2D eigenvalue weighted by molar-refractivity contribution is 0.0599. The topological polar surface area (TPSA) is 60.9 Å². The van der Waals surface area contributed by atoms with Crippen LogP contribution >= 0.6 is 0 Å². The summed E-state index contributed by atoms with van der Waals surface area (Å²) in [5.74, 6) is 0.802. The van der Waals surface area contributed by atoms with Crippen LogP contribution in [0.25, 0.3) is 0 Å². The second-order valence-electron chi connectivity index (χ2n) is 6.71. The molecular weight excluding hydrogens is 276 g/mol. The summed E-state index contributed by atoms with van der Waals surface area (Å²) in [4.78, 5) is 0. The zero-order valence-electron chi connectivity index (χ0n) is 12.8. The van der Waals surface area contributed by atoms with Gasteiger partial charge >= 0.3 is 0 Å². The molecule has 1 saturated heterocycles. The van der Waals surface area contributed by atoms with Crippen molar-refractivity contribution in [1.29, 1.82) is 0 Å². The second-order valence-corrected chi connectivity index (χ2v) is 8.69. The number of likely N-dealkylation sites (N-methyl/N-ethyl adjacent to an activating group) is 1. The number of nitrogens with zero attached hydrogens (tertiary/aromatic N) is 2. The van der Waals surface area contributed by atoms with Crippen molar-refractivity contribution in [2.75, 3.05) is 20.1 Å². The van der Waals surface area contributed by atoms with Gasteiger partial charge in [-0.25, -0.2) is 0 Å². The second kappa shape index (κ2) is 6.30. The van der Waals surface area contributed by atoms with Crippen molar-refractivity contribution < 1.29 is 13.5 Å². The molecule has 0 radical (unpaired) electrons. The zero-order chi connectivity index (χ0) is 14.9. The fraction of sp³-hybridized carbons (Fsp3) is 1.00. The summed E-state index contributed by atoms with van der Waals surface area (Å²) in [5, 5.41) is 10.1. The molecule has 1 aliphatic heterocycles. The van der Waals surface area contributed by atoms with Gasteiger partial charge in [0, 0.05) is 20.1 Å². The smallest absolute Gasteiger partial charge is 0.282 e. The largest absolute Gasteiger partial charge is 0.391 e. The van der Waals surface area contributed by atoms with E-state index in [1.54, 1.807) is 11.4 Å². The number of aliphatic hydroxyl groups excluding tert-OH is 1. The fourth-order valence-corrected chi connectivity index (χ4v) is 5.50. The summed E-state index contributed by atoms with van der Waals surface area (Å²) >= 11 is 0.